The number of hydrogen-bond acceptors (Lipinski definition) is 3. The Morgan fingerprint density at radius 3 is 2.62 bits per heavy atom. The molecule has 6 heteroatoms. The lowest BCUT2D eigenvalue weighted by Gasteiger charge is -2.44. The number of benzene rings is 2. The first-order valence-corrected chi connectivity index (χ1v) is 11.6. The van der Waals surface area contributed by atoms with E-state index in [2.05, 4.69) is 5.32 Å². The molecule has 162 valence electrons. The second-order valence-electron chi connectivity index (χ2n) is 8.56. The molecule has 0 fully saturated rings. The number of thiophene rings is 1. The number of carbonyl (C=O) groups is 2. The van der Waals surface area contributed by atoms with Crippen LogP contribution < -0.4 is 5.32 Å². The number of aromatic nitrogens is 1. The summed E-state index contributed by atoms with van der Waals surface area (Å²) in [6, 6.07) is 21.8. The van der Waals surface area contributed by atoms with Gasteiger partial charge in [-0.15, -0.1) is 11.3 Å². The van der Waals surface area contributed by atoms with Gasteiger partial charge in [0.05, 0.1) is 6.54 Å². The minimum Gasteiger partial charge on any atom is -0.350 e. The molecular formula is C26H25N3O2S. The minimum atomic E-state index is -1.02. The van der Waals surface area contributed by atoms with Crippen molar-refractivity contribution < 1.29 is 9.59 Å². The van der Waals surface area contributed by atoms with Crippen LogP contribution >= 0.6 is 11.3 Å². The number of carbonyl (C=O) groups excluding carboxylic acids is 2. The number of aryl methyl sites for hydroxylation is 1. The maximum absolute atomic E-state index is 13.7. The van der Waals surface area contributed by atoms with Gasteiger partial charge in [-0.05, 0) is 48.1 Å². The summed E-state index contributed by atoms with van der Waals surface area (Å²) in [7, 11) is 0. The lowest BCUT2D eigenvalue weighted by atomic mass is 9.93. The molecule has 0 aliphatic carbocycles. The SMILES string of the molecule is Cc1ccccc1CN1C(=O)c2cc3ccsc3n2C[C@]1(C)C(=O)NCc1ccccc1. The summed E-state index contributed by atoms with van der Waals surface area (Å²) >= 11 is 1.60. The zero-order chi connectivity index (χ0) is 22.3. The molecule has 3 heterocycles. The number of amides is 2. The van der Waals surface area contributed by atoms with E-state index < -0.39 is 5.54 Å². The van der Waals surface area contributed by atoms with Crippen LogP contribution in [0.3, 0.4) is 0 Å². The molecule has 2 aromatic carbocycles. The first-order valence-electron chi connectivity index (χ1n) is 10.7. The maximum atomic E-state index is 13.7. The van der Waals surface area contributed by atoms with E-state index in [0.717, 1.165) is 26.9 Å². The lowest BCUT2D eigenvalue weighted by molar-refractivity contribution is -0.133. The summed E-state index contributed by atoms with van der Waals surface area (Å²) in [5.74, 6) is -0.257. The lowest BCUT2D eigenvalue weighted by Crippen LogP contribution is -2.63. The van der Waals surface area contributed by atoms with Crippen LogP contribution in [-0.4, -0.2) is 26.8 Å². The molecule has 2 amide bonds. The second-order valence-corrected chi connectivity index (χ2v) is 9.45. The molecule has 4 aromatic rings. The smallest absolute Gasteiger partial charge is 0.271 e. The fourth-order valence-corrected chi connectivity index (χ4v) is 5.33. The number of rotatable bonds is 5. The quantitative estimate of drug-likeness (QED) is 0.484. The van der Waals surface area contributed by atoms with Gasteiger partial charge >= 0.3 is 0 Å². The molecule has 5 nitrogen and oxygen atoms in total. The average molecular weight is 444 g/mol. The Labute approximate surface area is 191 Å². The van der Waals surface area contributed by atoms with Crippen molar-refractivity contribution in [1.82, 2.24) is 14.8 Å². The number of nitrogens with one attached hydrogen (secondary N) is 1. The van der Waals surface area contributed by atoms with Gasteiger partial charge in [-0.2, -0.15) is 0 Å². The van der Waals surface area contributed by atoms with E-state index in [1.807, 2.05) is 90.5 Å². The van der Waals surface area contributed by atoms with Crippen LogP contribution in [-0.2, 0) is 24.4 Å². The molecule has 32 heavy (non-hydrogen) atoms. The molecule has 0 unspecified atom stereocenters. The highest BCUT2D eigenvalue weighted by Gasteiger charge is 2.47. The van der Waals surface area contributed by atoms with Gasteiger partial charge in [0.2, 0.25) is 5.91 Å². The van der Waals surface area contributed by atoms with Crippen LogP contribution in [0.4, 0.5) is 0 Å². The first kappa shape index (κ1) is 20.5. The number of fused-ring (bicyclic) bond motifs is 3. The topological polar surface area (TPSA) is 54.3 Å². The Morgan fingerprint density at radius 1 is 1.09 bits per heavy atom. The number of hydrogen-bond donors (Lipinski definition) is 1. The van der Waals surface area contributed by atoms with Gasteiger partial charge in [0, 0.05) is 18.5 Å². The summed E-state index contributed by atoms with van der Waals surface area (Å²) < 4.78 is 2.01. The van der Waals surface area contributed by atoms with Crippen molar-refractivity contribution in [3.8, 4) is 0 Å². The van der Waals surface area contributed by atoms with Crippen LogP contribution in [0, 0.1) is 6.92 Å². The molecule has 0 radical (unpaired) electrons. The summed E-state index contributed by atoms with van der Waals surface area (Å²) in [4.78, 5) is 30.1. The van der Waals surface area contributed by atoms with E-state index in [4.69, 9.17) is 0 Å². The van der Waals surface area contributed by atoms with E-state index in [1.54, 1.807) is 16.2 Å². The van der Waals surface area contributed by atoms with Gasteiger partial charge in [0.1, 0.15) is 16.1 Å². The molecule has 2 aromatic heterocycles. The Balaban J connectivity index is 1.53. The Kier molecular flexibility index (Phi) is 5.10. The van der Waals surface area contributed by atoms with E-state index >= 15 is 0 Å². The summed E-state index contributed by atoms with van der Waals surface area (Å²) in [5, 5.41) is 6.15. The zero-order valence-electron chi connectivity index (χ0n) is 18.2. The van der Waals surface area contributed by atoms with E-state index in [1.165, 1.54) is 0 Å². The summed E-state index contributed by atoms with van der Waals surface area (Å²) in [6.07, 6.45) is 0. The third-order valence-electron chi connectivity index (χ3n) is 6.40. The van der Waals surface area contributed by atoms with Crippen molar-refractivity contribution in [2.45, 2.75) is 39.0 Å². The fraction of sp³-hybridized carbons (Fsp3) is 0.231. The molecule has 0 spiro atoms. The van der Waals surface area contributed by atoms with E-state index in [9.17, 15) is 9.59 Å². The molecule has 0 saturated heterocycles. The van der Waals surface area contributed by atoms with Gasteiger partial charge in [-0.1, -0.05) is 54.6 Å². The van der Waals surface area contributed by atoms with E-state index in [0.29, 0.717) is 25.3 Å². The Morgan fingerprint density at radius 2 is 1.84 bits per heavy atom. The molecule has 0 bridgehead atoms. The van der Waals surface area contributed by atoms with Crippen LogP contribution in [0.15, 0.2) is 72.1 Å². The molecule has 1 N–H and O–H groups in total. The van der Waals surface area contributed by atoms with Crippen LogP contribution in [0.5, 0.6) is 0 Å². The Bertz CT molecular complexity index is 1310. The van der Waals surface area contributed by atoms with Crippen molar-refractivity contribution in [1.29, 1.82) is 0 Å². The van der Waals surface area contributed by atoms with Gasteiger partial charge in [0.15, 0.2) is 0 Å². The largest absolute Gasteiger partial charge is 0.350 e. The predicted molar refractivity (Wildman–Crippen MR) is 128 cm³/mol. The van der Waals surface area contributed by atoms with Crippen LogP contribution in [0.2, 0.25) is 0 Å². The highest BCUT2D eigenvalue weighted by Crippen LogP contribution is 2.35. The first-order chi connectivity index (χ1) is 15.5. The van der Waals surface area contributed by atoms with Gasteiger partial charge in [-0.25, -0.2) is 0 Å². The molecule has 1 aliphatic rings. The third kappa shape index (κ3) is 3.41. The minimum absolute atomic E-state index is 0.111. The van der Waals surface area contributed by atoms with Crippen molar-refractivity contribution in [3.05, 3.63) is 94.5 Å². The molecular weight excluding hydrogens is 418 g/mol. The van der Waals surface area contributed by atoms with Crippen LogP contribution in [0.25, 0.3) is 10.2 Å². The highest BCUT2D eigenvalue weighted by molar-refractivity contribution is 7.16. The predicted octanol–water partition coefficient (Wildman–Crippen LogP) is 4.74. The summed E-state index contributed by atoms with van der Waals surface area (Å²) in [5.41, 5.74) is 2.81. The van der Waals surface area contributed by atoms with Crippen molar-refractivity contribution >= 4 is 33.4 Å². The standard InChI is InChI=1S/C26H25N3O2S/c1-18-8-6-7-11-21(18)16-29-23(30)22-14-20-12-13-32-24(20)28(22)17-26(29,2)25(31)27-15-19-9-4-3-5-10-19/h3-14H,15-17H2,1-2H3,(H,27,31)/t26-/m1/s1. The van der Waals surface area contributed by atoms with Crippen molar-refractivity contribution in [2.24, 2.45) is 0 Å². The average Bonchev–Trinajstić information content (AvgIpc) is 3.39. The van der Waals surface area contributed by atoms with E-state index in [-0.39, 0.29) is 11.8 Å². The van der Waals surface area contributed by atoms with Crippen molar-refractivity contribution in [3.63, 3.8) is 0 Å². The molecule has 1 atom stereocenters. The Hall–Kier alpha value is -3.38. The molecule has 0 saturated carbocycles. The zero-order valence-corrected chi connectivity index (χ0v) is 19.0. The second kappa shape index (κ2) is 7.95. The molecule has 5 rings (SSSR count). The fourth-order valence-electron chi connectivity index (χ4n) is 4.43. The van der Waals surface area contributed by atoms with Gasteiger partial charge < -0.3 is 14.8 Å². The van der Waals surface area contributed by atoms with Crippen LogP contribution in [0.1, 0.15) is 34.1 Å². The van der Waals surface area contributed by atoms with Crippen molar-refractivity contribution in [2.75, 3.05) is 0 Å². The normalized spacial score (nSPS) is 18.1. The summed E-state index contributed by atoms with van der Waals surface area (Å²) in [6.45, 7) is 5.15. The number of nitrogens with zero attached hydrogens (tertiary/aromatic N) is 2. The monoisotopic (exact) mass is 443 g/mol. The molecule has 1 aliphatic heterocycles. The maximum Gasteiger partial charge on any atom is 0.271 e. The van der Waals surface area contributed by atoms with Gasteiger partial charge in [-0.3, -0.25) is 9.59 Å². The highest BCUT2D eigenvalue weighted by atomic mass is 32.1. The third-order valence-corrected chi connectivity index (χ3v) is 7.35. The van der Waals surface area contributed by atoms with Gasteiger partial charge in [0.25, 0.3) is 5.91 Å².